The van der Waals surface area contributed by atoms with Gasteiger partial charge in [0.1, 0.15) is 5.00 Å². The maximum atomic E-state index is 12.7. The molecule has 2 aliphatic rings. The Morgan fingerprint density at radius 1 is 1.29 bits per heavy atom. The lowest BCUT2D eigenvalue weighted by molar-refractivity contribution is -0.121. The van der Waals surface area contributed by atoms with Crippen LogP contribution < -0.4 is 11.1 Å². The average molecular weight is 350 g/mol. The van der Waals surface area contributed by atoms with Crippen molar-refractivity contribution >= 4 is 34.1 Å². The first-order valence-corrected chi connectivity index (χ1v) is 9.15. The third kappa shape index (κ3) is 2.92. The van der Waals surface area contributed by atoms with Crippen molar-refractivity contribution in [3.8, 4) is 0 Å². The van der Waals surface area contributed by atoms with Gasteiger partial charge in [-0.3, -0.25) is 9.59 Å². The molecule has 1 aromatic heterocycles. The molecule has 0 unspecified atom stereocenters. The van der Waals surface area contributed by atoms with E-state index in [0.717, 1.165) is 30.6 Å². The highest BCUT2D eigenvalue weighted by atomic mass is 32.1. The van der Waals surface area contributed by atoms with Crippen molar-refractivity contribution in [2.24, 2.45) is 23.5 Å². The molecule has 0 radical (unpaired) electrons. The number of ether oxygens (including phenoxy) is 1. The third-order valence-corrected chi connectivity index (χ3v) is 6.38. The molecule has 0 aliphatic heterocycles. The van der Waals surface area contributed by atoms with Crippen LogP contribution in [0.1, 0.15) is 58.2 Å². The average Bonchev–Trinajstić information content (AvgIpc) is 3.21. The highest BCUT2D eigenvalue weighted by molar-refractivity contribution is 7.18. The number of esters is 1. The van der Waals surface area contributed by atoms with Crippen molar-refractivity contribution < 1.29 is 19.1 Å². The molecule has 2 fully saturated rings. The number of carbonyl (C=O) groups excluding carboxylic acids is 3. The van der Waals surface area contributed by atoms with E-state index in [1.807, 2.05) is 0 Å². The maximum absolute atomic E-state index is 12.7. The van der Waals surface area contributed by atoms with Crippen molar-refractivity contribution in [1.82, 2.24) is 0 Å². The Morgan fingerprint density at radius 3 is 2.58 bits per heavy atom. The summed E-state index contributed by atoms with van der Waals surface area (Å²) in [7, 11) is 0. The molecule has 130 valence electrons. The largest absolute Gasteiger partial charge is 0.462 e. The molecule has 24 heavy (non-hydrogen) atoms. The molecule has 3 rings (SSSR count). The van der Waals surface area contributed by atoms with Crippen LogP contribution in [0.3, 0.4) is 0 Å². The lowest BCUT2D eigenvalue weighted by atomic mass is 9.88. The number of thiophene rings is 1. The van der Waals surface area contributed by atoms with Crippen molar-refractivity contribution in [3.63, 3.8) is 0 Å². The summed E-state index contributed by atoms with van der Waals surface area (Å²) in [5, 5.41) is 3.23. The Labute approximate surface area is 144 Å². The van der Waals surface area contributed by atoms with Gasteiger partial charge in [0, 0.05) is 5.92 Å². The zero-order valence-corrected chi connectivity index (χ0v) is 14.7. The number of amides is 2. The molecular weight excluding hydrogens is 328 g/mol. The zero-order valence-electron chi connectivity index (χ0n) is 13.9. The Bertz CT molecular complexity index is 697. The SMILES string of the molecule is CCOC(=O)c1c(NC(=O)[C@@H]2C[C@H]3CC[C@H]2C3)sc(C(N)=O)c1C. The van der Waals surface area contributed by atoms with Gasteiger partial charge in [-0.25, -0.2) is 4.79 Å². The molecule has 2 saturated carbocycles. The van der Waals surface area contributed by atoms with E-state index in [2.05, 4.69) is 5.32 Å². The van der Waals surface area contributed by atoms with E-state index in [1.54, 1.807) is 13.8 Å². The number of anilines is 1. The summed E-state index contributed by atoms with van der Waals surface area (Å²) in [5.74, 6) is -0.118. The van der Waals surface area contributed by atoms with Crippen LogP contribution in [0.2, 0.25) is 0 Å². The Kier molecular flexibility index (Phi) is 4.62. The van der Waals surface area contributed by atoms with Crippen molar-refractivity contribution in [2.75, 3.05) is 11.9 Å². The van der Waals surface area contributed by atoms with Gasteiger partial charge in [0.15, 0.2) is 0 Å². The van der Waals surface area contributed by atoms with Crippen LogP contribution in [0.15, 0.2) is 0 Å². The first-order valence-electron chi connectivity index (χ1n) is 8.33. The van der Waals surface area contributed by atoms with Crippen LogP contribution in [-0.4, -0.2) is 24.4 Å². The highest BCUT2D eigenvalue weighted by Gasteiger charge is 2.43. The van der Waals surface area contributed by atoms with Gasteiger partial charge in [0.05, 0.1) is 17.0 Å². The molecule has 1 heterocycles. The molecule has 1 aromatic rings. The van der Waals surface area contributed by atoms with Crippen molar-refractivity contribution in [2.45, 2.75) is 39.5 Å². The Balaban J connectivity index is 1.86. The topological polar surface area (TPSA) is 98.5 Å². The molecule has 0 spiro atoms. The van der Waals surface area contributed by atoms with E-state index in [1.165, 1.54) is 6.42 Å². The molecule has 2 bridgehead atoms. The summed E-state index contributed by atoms with van der Waals surface area (Å²) in [4.78, 5) is 36.7. The summed E-state index contributed by atoms with van der Waals surface area (Å²) >= 11 is 1.05. The standard InChI is InChI=1S/C17H22N2O4S/c1-3-23-17(22)12-8(2)13(14(18)20)24-16(12)19-15(21)11-7-9-4-5-10(11)6-9/h9-11H,3-7H2,1-2H3,(H2,18,20)(H,19,21)/t9-,10-,11+/m0/s1. The number of nitrogens with one attached hydrogen (secondary N) is 1. The Morgan fingerprint density at radius 2 is 2.04 bits per heavy atom. The fourth-order valence-corrected chi connectivity index (χ4v) is 5.11. The van der Waals surface area contributed by atoms with Gasteiger partial charge in [-0.1, -0.05) is 6.42 Å². The monoisotopic (exact) mass is 350 g/mol. The minimum atomic E-state index is -0.608. The van der Waals surface area contributed by atoms with Gasteiger partial charge < -0.3 is 15.8 Å². The predicted molar refractivity (Wildman–Crippen MR) is 91.1 cm³/mol. The fourth-order valence-electron chi connectivity index (χ4n) is 4.06. The Hall–Kier alpha value is -1.89. The van der Waals surface area contributed by atoms with E-state index >= 15 is 0 Å². The minimum absolute atomic E-state index is 0.00164. The van der Waals surface area contributed by atoms with Gasteiger partial charge in [0.2, 0.25) is 5.91 Å². The summed E-state index contributed by atoms with van der Waals surface area (Å²) in [6.07, 6.45) is 4.35. The second-order valence-corrected chi connectivity index (χ2v) is 7.64. The number of nitrogens with two attached hydrogens (primary N) is 1. The van der Waals surface area contributed by atoms with E-state index in [4.69, 9.17) is 10.5 Å². The summed E-state index contributed by atoms with van der Waals surface area (Å²) in [5.41, 5.74) is 6.09. The van der Waals surface area contributed by atoms with Crippen LogP contribution in [-0.2, 0) is 9.53 Å². The van der Waals surface area contributed by atoms with Gasteiger partial charge in [-0.05, 0) is 50.5 Å². The highest BCUT2D eigenvalue weighted by Crippen LogP contribution is 2.49. The van der Waals surface area contributed by atoms with E-state index in [0.29, 0.717) is 22.4 Å². The predicted octanol–water partition coefficient (Wildman–Crippen LogP) is 2.71. The van der Waals surface area contributed by atoms with E-state index in [9.17, 15) is 14.4 Å². The maximum Gasteiger partial charge on any atom is 0.341 e. The van der Waals surface area contributed by atoms with Gasteiger partial charge in [0.25, 0.3) is 5.91 Å². The lowest BCUT2D eigenvalue weighted by Crippen LogP contribution is -2.27. The van der Waals surface area contributed by atoms with Crippen LogP contribution in [0.4, 0.5) is 5.00 Å². The van der Waals surface area contributed by atoms with Crippen molar-refractivity contribution in [3.05, 3.63) is 16.0 Å². The molecular formula is C17H22N2O4S. The number of rotatable bonds is 5. The number of carbonyl (C=O) groups is 3. The summed E-state index contributed by atoms with van der Waals surface area (Å²) < 4.78 is 5.06. The first-order chi connectivity index (χ1) is 11.4. The molecule has 7 heteroatoms. The van der Waals surface area contributed by atoms with Crippen molar-refractivity contribution in [1.29, 1.82) is 0 Å². The quantitative estimate of drug-likeness (QED) is 0.798. The van der Waals surface area contributed by atoms with Crippen LogP contribution in [0, 0.1) is 24.7 Å². The summed E-state index contributed by atoms with van der Waals surface area (Å²) in [6, 6.07) is 0. The summed E-state index contributed by atoms with van der Waals surface area (Å²) in [6.45, 7) is 3.58. The zero-order chi connectivity index (χ0) is 17.4. The second-order valence-electron chi connectivity index (χ2n) is 6.62. The molecule has 0 aromatic carbocycles. The van der Waals surface area contributed by atoms with Crippen LogP contribution >= 0.6 is 11.3 Å². The smallest absolute Gasteiger partial charge is 0.341 e. The normalized spacial score (nSPS) is 24.8. The fraction of sp³-hybridized carbons (Fsp3) is 0.588. The van der Waals surface area contributed by atoms with Gasteiger partial charge in [-0.15, -0.1) is 11.3 Å². The number of primary amides is 1. The first kappa shape index (κ1) is 17.0. The van der Waals surface area contributed by atoms with Gasteiger partial charge in [-0.2, -0.15) is 0 Å². The molecule has 2 amide bonds. The van der Waals surface area contributed by atoms with Crippen LogP contribution in [0.5, 0.6) is 0 Å². The third-order valence-electron chi connectivity index (χ3n) is 5.16. The molecule has 3 N–H and O–H groups in total. The van der Waals surface area contributed by atoms with Crippen LogP contribution in [0.25, 0.3) is 0 Å². The van der Waals surface area contributed by atoms with Gasteiger partial charge >= 0.3 is 5.97 Å². The second kappa shape index (κ2) is 6.55. The van der Waals surface area contributed by atoms with E-state index in [-0.39, 0.29) is 28.9 Å². The molecule has 6 nitrogen and oxygen atoms in total. The molecule has 2 aliphatic carbocycles. The number of fused-ring (bicyclic) bond motifs is 2. The lowest BCUT2D eigenvalue weighted by Gasteiger charge is -2.20. The molecule has 3 atom stereocenters. The molecule has 0 saturated heterocycles. The number of hydrogen-bond acceptors (Lipinski definition) is 5. The minimum Gasteiger partial charge on any atom is -0.462 e. The van der Waals surface area contributed by atoms with E-state index < -0.39 is 11.9 Å². The number of hydrogen-bond donors (Lipinski definition) is 2.